The standard InChI is InChI=1S/C17H16BrN3O2S/c1-9-3-4-12(5-10(9)2)23-8-15(22)20-11-6-13(18)16-14(7-11)24-17(19)21-16/h3-7H,8H2,1-2H3,(H2,19,21)(H,20,22). The molecule has 1 aromatic heterocycles. The normalized spacial score (nSPS) is 10.8. The molecule has 124 valence electrons. The highest BCUT2D eigenvalue weighted by atomic mass is 79.9. The van der Waals surface area contributed by atoms with E-state index in [0.29, 0.717) is 16.6 Å². The van der Waals surface area contributed by atoms with Gasteiger partial charge in [0.05, 0.1) is 10.2 Å². The zero-order valence-corrected chi connectivity index (χ0v) is 15.6. The van der Waals surface area contributed by atoms with E-state index in [2.05, 4.69) is 26.2 Å². The Morgan fingerprint density at radius 2 is 2.08 bits per heavy atom. The Bertz CT molecular complexity index is 924. The molecule has 0 saturated carbocycles. The molecule has 2 aromatic carbocycles. The topological polar surface area (TPSA) is 77.2 Å². The van der Waals surface area contributed by atoms with Crippen LogP contribution in [0.25, 0.3) is 10.2 Å². The second kappa shape index (κ2) is 6.78. The van der Waals surface area contributed by atoms with E-state index in [1.54, 1.807) is 6.07 Å². The third-order valence-electron chi connectivity index (χ3n) is 3.60. The van der Waals surface area contributed by atoms with Gasteiger partial charge in [-0.3, -0.25) is 4.79 Å². The van der Waals surface area contributed by atoms with Crippen LogP contribution in [-0.4, -0.2) is 17.5 Å². The molecule has 1 heterocycles. The van der Waals surface area contributed by atoms with Gasteiger partial charge in [0, 0.05) is 10.2 Å². The molecule has 7 heteroatoms. The van der Waals surface area contributed by atoms with Crippen molar-refractivity contribution >= 4 is 54.2 Å². The zero-order valence-electron chi connectivity index (χ0n) is 13.2. The van der Waals surface area contributed by atoms with Crippen LogP contribution in [0.1, 0.15) is 11.1 Å². The summed E-state index contributed by atoms with van der Waals surface area (Å²) in [6.07, 6.45) is 0. The third-order valence-corrected chi connectivity index (χ3v) is 5.03. The van der Waals surface area contributed by atoms with Crippen molar-refractivity contribution in [3.05, 3.63) is 45.9 Å². The van der Waals surface area contributed by atoms with E-state index in [4.69, 9.17) is 10.5 Å². The average Bonchev–Trinajstić information content (AvgIpc) is 2.89. The minimum Gasteiger partial charge on any atom is -0.484 e. The largest absolute Gasteiger partial charge is 0.484 e. The van der Waals surface area contributed by atoms with Gasteiger partial charge in [-0.05, 0) is 65.2 Å². The number of carbonyl (C=O) groups excluding carboxylic acids is 1. The van der Waals surface area contributed by atoms with Gasteiger partial charge in [-0.1, -0.05) is 17.4 Å². The summed E-state index contributed by atoms with van der Waals surface area (Å²) in [5.74, 6) is 0.456. The number of aryl methyl sites for hydroxylation is 2. The number of nitrogens with two attached hydrogens (primary N) is 1. The maximum atomic E-state index is 12.1. The number of fused-ring (bicyclic) bond motifs is 1. The second-order valence-corrected chi connectivity index (χ2v) is 7.36. The smallest absolute Gasteiger partial charge is 0.262 e. The minimum absolute atomic E-state index is 0.0526. The number of hydrogen-bond donors (Lipinski definition) is 2. The number of hydrogen-bond acceptors (Lipinski definition) is 5. The number of nitrogens with zero attached hydrogens (tertiary/aromatic N) is 1. The van der Waals surface area contributed by atoms with E-state index in [0.717, 1.165) is 20.3 Å². The molecule has 3 aromatic rings. The highest BCUT2D eigenvalue weighted by molar-refractivity contribution is 9.10. The van der Waals surface area contributed by atoms with Crippen LogP contribution in [0, 0.1) is 13.8 Å². The van der Waals surface area contributed by atoms with Crippen LogP contribution < -0.4 is 15.8 Å². The maximum Gasteiger partial charge on any atom is 0.262 e. The van der Waals surface area contributed by atoms with Gasteiger partial charge >= 0.3 is 0 Å². The zero-order chi connectivity index (χ0) is 17.3. The van der Waals surface area contributed by atoms with Gasteiger partial charge in [0.15, 0.2) is 11.7 Å². The molecule has 3 rings (SSSR count). The van der Waals surface area contributed by atoms with Crippen LogP contribution in [0.2, 0.25) is 0 Å². The highest BCUT2D eigenvalue weighted by Gasteiger charge is 2.10. The number of nitrogens with one attached hydrogen (secondary N) is 1. The predicted molar refractivity (Wildman–Crippen MR) is 102 cm³/mol. The lowest BCUT2D eigenvalue weighted by Crippen LogP contribution is -2.20. The van der Waals surface area contributed by atoms with E-state index in [1.165, 1.54) is 16.9 Å². The Labute approximate surface area is 152 Å². The van der Waals surface area contributed by atoms with Crippen LogP contribution in [0.3, 0.4) is 0 Å². The Morgan fingerprint density at radius 3 is 2.83 bits per heavy atom. The molecule has 0 saturated heterocycles. The van der Waals surface area contributed by atoms with Crippen LogP contribution in [-0.2, 0) is 4.79 Å². The van der Waals surface area contributed by atoms with Crippen molar-refractivity contribution in [2.75, 3.05) is 17.7 Å². The highest BCUT2D eigenvalue weighted by Crippen LogP contribution is 2.32. The van der Waals surface area contributed by atoms with Gasteiger partial charge in [0.2, 0.25) is 0 Å². The number of ether oxygens (including phenoxy) is 1. The fraction of sp³-hybridized carbons (Fsp3) is 0.176. The molecule has 0 aliphatic heterocycles. The van der Waals surface area contributed by atoms with Crippen molar-refractivity contribution in [2.24, 2.45) is 0 Å². The number of benzene rings is 2. The summed E-state index contributed by atoms with van der Waals surface area (Å²) in [4.78, 5) is 16.3. The molecule has 0 aliphatic rings. The number of aromatic nitrogens is 1. The van der Waals surface area contributed by atoms with Crippen LogP contribution in [0.5, 0.6) is 5.75 Å². The molecule has 24 heavy (non-hydrogen) atoms. The molecular formula is C17H16BrN3O2S. The Morgan fingerprint density at radius 1 is 1.29 bits per heavy atom. The second-order valence-electron chi connectivity index (χ2n) is 5.44. The van der Waals surface area contributed by atoms with E-state index in [1.807, 2.05) is 38.1 Å². The molecule has 5 nitrogen and oxygen atoms in total. The van der Waals surface area contributed by atoms with E-state index >= 15 is 0 Å². The molecule has 0 aliphatic carbocycles. The number of thiazole rings is 1. The first-order valence-corrected chi connectivity index (χ1v) is 8.89. The number of anilines is 2. The lowest BCUT2D eigenvalue weighted by molar-refractivity contribution is -0.118. The number of rotatable bonds is 4. The number of amides is 1. The monoisotopic (exact) mass is 405 g/mol. The van der Waals surface area contributed by atoms with E-state index < -0.39 is 0 Å². The Kier molecular flexibility index (Phi) is 4.73. The van der Waals surface area contributed by atoms with Crippen molar-refractivity contribution < 1.29 is 9.53 Å². The number of nitrogen functional groups attached to an aromatic ring is 1. The quantitative estimate of drug-likeness (QED) is 0.678. The first kappa shape index (κ1) is 16.7. The summed E-state index contributed by atoms with van der Waals surface area (Å²) in [5, 5.41) is 3.32. The number of halogens is 1. The molecule has 0 fully saturated rings. The Hall–Kier alpha value is -2.12. The summed E-state index contributed by atoms with van der Waals surface area (Å²) < 4.78 is 7.24. The SMILES string of the molecule is Cc1ccc(OCC(=O)Nc2cc(Br)c3nc(N)sc3c2)cc1C. The van der Waals surface area contributed by atoms with Gasteiger partial charge in [0.1, 0.15) is 5.75 Å². The predicted octanol–water partition coefficient (Wildman–Crippen LogP) is 4.28. The summed E-state index contributed by atoms with van der Waals surface area (Å²) in [7, 11) is 0. The lowest BCUT2D eigenvalue weighted by Gasteiger charge is -2.09. The molecule has 0 unspecified atom stereocenters. The first-order valence-electron chi connectivity index (χ1n) is 7.28. The molecular weight excluding hydrogens is 390 g/mol. The van der Waals surface area contributed by atoms with Gasteiger partial charge < -0.3 is 15.8 Å². The molecule has 0 bridgehead atoms. The summed E-state index contributed by atoms with van der Waals surface area (Å²) >= 11 is 4.82. The fourth-order valence-electron chi connectivity index (χ4n) is 2.23. The van der Waals surface area contributed by atoms with Gasteiger partial charge in [0.25, 0.3) is 5.91 Å². The molecule has 1 amide bonds. The van der Waals surface area contributed by atoms with Crippen LogP contribution in [0.4, 0.5) is 10.8 Å². The van der Waals surface area contributed by atoms with Gasteiger partial charge in [-0.15, -0.1) is 0 Å². The van der Waals surface area contributed by atoms with Crippen LogP contribution in [0.15, 0.2) is 34.8 Å². The van der Waals surface area contributed by atoms with Crippen molar-refractivity contribution in [3.8, 4) is 5.75 Å². The molecule has 0 radical (unpaired) electrons. The summed E-state index contributed by atoms with van der Waals surface area (Å²) in [5.41, 5.74) is 9.51. The summed E-state index contributed by atoms with van der Waals surface area (Å²) in [6.45, 7) is 3.99. The molecule has 3 N–H and O–H groups in total. The first-order chi connectivity index (χ1) is 11.4. The lowest BCUT2D eigenvalue weighted by atomic mass is 10.1. The van der Waals surface area contributed by atoms with Crippen molar-refractivity contribution in [1.82, 2.24) is 4.98 Å². The van der Waals surface area contributed by atoms with Crippen molar-refractivity contribution in [3.63, 3.8) is 0 Å². The van der Waals surface area contributed by atoms with Gasteiger partial charge in [-0.25, -0.2) is 4.98 Å². The van der Waals surface area contributed by atoms with Crippen molar-refractivity contribution in [2.45, 2.75) is 13.8 Å². The average molecular weight is 406 g/mol. The van der Waals surface area contributed by atoms with E-state index in [-0.39, 0.29) is 12.5 Å². The molecule has 0 spiro atoms. The third kappa shape index (κ3) is 3.68. The maximum absolute atomic E-state index is 12.1. The fourth-order valence-corrected chi connectivity index (χ4v) is 3.71. The minimum atomic E-state index is -0.225. The molecule has 0 atom stereocenters. The number of carbonyl (C=O) groups is 1. The van der Waals surface area contributed by atoms with Crippen LogP contribution >= 0.6 is 27.3 Å². The summed E-state index contributed by atoms with van der Waals surface area (Å²) in [6, 6.07) is 9.41. The van der Waals surface area contributed by atoms with E-state index in [9.17, 15) is 4.79 Å². The Balaban J connectivity index is 1.67. The van der Waals surface area contributed by atoms with Gasteiger partial charge in [-0.2, -0.15) is 0 Å². The van der Waals surface area contributed by atoms with Crippen molar-refractivity contribution in [1.29, 1.82) is 0 Å².